The monoisotopic (exact) mass is 526 g/mol. The summed E-state index contributed by atoms with van der Waals surface area (Å²) in [5, 5.41) is 9.17. The Morgan fingerprint density at radius 1 is 1.00 bits per heavy atom. The van der Waals surface area contributed by atoms with E-state index in [0.717, 1.165) is 12.8 Å². The van der Waals surface area contributed by atoms with E-state index in [1.54, 1.807) is 0 Å². The van der Waals surface area contributed by atoms with E-state index < -0.39 is 85.2 Å². The Morgan fingerprint density at radius 2 is 1.67 bits per heavy atom. The van der Waals surface area contributed by atoms with Crippen LogP contribution >= 0.6 is 0 Å². The third kappa shape index (κ3) is 8.38. The van der Waals surface area contributed by atoms with Crippen LogP contribution in [0.15, 0.2) is 0 Å². The highest BCUT2D eigenvalue weighted by atomic mass is 19.4. The number of rotatable bonds is 11. The fraction of sp³-hybridized carbons (Fsp3) is 0.762. The zero-order valence-corrected chi connectivity index (χ0v) is 19.1. The van der Waals surface area contributed by atoms with E-state index in [1.807, 2.05) is 0 Å². The summed E-state index contributed by atoms with van der Waals surface area (Å²) in [5.74, 6) is -8.54. The topological polar surface area (TPSA) is 143 Å². The molecule has 202 valence electrons. The normalized spacial score (nSPS) is 23.1. The molecule has 4 amide bonds. The molecule has 3 rings (SSSR count). The van der Waals surface area contributed by atoms with Gasteiger partial charge in [-0.05, 0) is 25.2 Å². The predicted octanol–water partition coefficient (Wildman–Crippen LogP) is 0.302. The van der Waals surface area contributed by atoms with Crippen LogP contribution in [0.4, 0.5) is 22.0 Å². The maximum Gasteiger partial charge on any atom is 0.522 e. The van der Waals surface area contributed by atoms with Crippen LogP contribution in [-0.4, -0.2) is 73.0 Å². The summed E-state index contributed by atoms with van der Waals surface area (Å²) < 4.78 is 66.7. The second kappa shape index (κ2) is 11.0. The molecule has 0 unspecified atom stereocenters. The van der Waals surface area contributed by atoms with Crippen LogP contribution in [0.5, 0.6) is 0 Å². The quantitative estimate of drug-likeness (QED) is 0.225. The molecule has 3 atom stereocenters. The van der Waals surface area contributed by atoms with Gasteiger partial charge in [0, 0.05) is 31.3 Å². The van der Waals surface area contributed by atoms with Crippen LogP contribution < -0.4 is 21.3 Å². The van der Waals surface area contributed by atoms with Crippen molar-refractivity contribution in [2.45, 2.75) is 75.4 Å². The fourth-order valence-electron chi connectivity index (χ4n) is 4.11. The molecule has 1 heterocycles. The largest absolute Gasteiger partial charge is 0.522 e. The number of hydrogen-bond acceptors (Lipinski definition) is 6. The van der Waals surface area contributed by atoms with Crippen molar-refractivity contribution >= 4 is 29.4 Å². The van der Waals surface area contributed by atoms with Gasteiger partial charge in [-0.15, -0.1) is 13.2 Å². The first kappa shape index (κ1) is 27.7. The molecule has 0 aromatic heterocycles. The summed E-state index contributed by atoms with van der Waals surface area (Å²) in [5.41, 5.74) is 0. The SMILES string of the molecule is O=C(NC1CC(F)(F)C1)C(=O)N[C@@H](CC1CC1)C(=O)N[C@@H](C[C@@H]1CCNC1=O)C(=O)COC(F)(F)F. The Hall–Kier alpha value is -2.84. The molecule has 0 radical (unpaired) electrons. The number of carbonyl (C=O) groups is 5. The number of Topliss-reactive ketones (excluding diaryl/α,β-unsaturated/α-hetero) is 1. The first-order valence-electron chi connectivity index (χ1n) is 11.5. The molecule has 0 aromatic carbocycles. The Balaban J connectivity index is 1.63. The molecule has 3 aliphatic rings. The van der Waals surface area contributed by atoms with Crippen molar-refractivity contribution in [3.05, 3.63) is 0 Å². The van der Waals surface area contributed by atoms with Gasteiger partial charge in [0.05, 0.1) is 6.04 Å². The van der Waals surface area contributed by atoms with Crippen LogP contribution in [0.1, 0.15) is 44.9 Å². The van der Waals surface area contributed by atoms with Crippen LogP contribution in [0, 0.1) is 11.8 Å². The highest BCUT2D eigenvalue weighted by Crippen LogP contribution is 2.37. The smallest absolute Gasteiger partial charge is 0.356 e. The minimum absolute atomic E-state index is 0.0396. The zero-order valence-electron chi connectivity index (χ0n) is 19.1. The Morgan fingerprint density at radius 3 is 2.19 bits per heavy atom. The van der Waals surface area contributed by atoms with Crippen LogP contribution in [0.25, 0.3) is 0 Å². The summed E-state index contributed by atoms with van der Waals surface area (Å²) in [6, 6.07) is -3.71. The molecule has 0 aromatic rings. The van der Waals surface area contributed by atoms with Gasteiger partial charge in [0.2, 0.25) is 11.8 Å². The van der Waals surface area contributed by atoms with Gasteiger partial charge in [-0.2, -0.15) is 0 Å². The molecule has 2 saturated carbocycles. The highest BCUT2D eigenvalue weighted by molar-refractivity contribution is 6.35. The fourth-order valence-corrected chi connectivity index (χ4v) is 4.11. The number of amides is 4. The van der Waals surface area contributed by atoms with Gasteiger partial charge < -0.3 is 21.3 Å². The molecule has 1 aliphatic heterocycles. The van der Waals surface area contributed by atoms with E-state index in [1.165, 1.54) is 0 Å². The molecule has 10 nitrogen and oxygen atoms in total. The number of carbonyl (C=O) groups excluding carboxylic acids is 5. The maximum atomic E-state index is 13.0. The molecule has 1 saturated heterocycles. The molecular formula is C21H27F5N4O6. The Labute approximate surface area is 202 Å². The molecule has 0 bridgehead atoms. The summed E-state index contributed by atoms with van der Waals surface area (Å²) in [4.78, 5) is 61.6. The predicted molar refractivity (Wildman–Crippen MR) is 110 cm³/mol. The summed E-state index contributed by atoms with van der Waals surface area (Å²) in [6.45, 7) is -1.09. The first-order valence-corrected chi connectivity index (χ1v) is 11.5. The summed E-state index contributed by atoms with van der Waals surface area (Å²) in [7, 11) is 0. The average Bonchev–Trinajstić information content (AvgIpc) is 3.48. The minimum atomic E-state index is -5.09. The van der Waals surface area contributed by atoms with E-state index in [4.69, 9.17) is 0 Å². The maximum absolute atomic E-state index is 13.0. The minimum Gasteiger partial charge on any atom is -0.356 e. The van der Waals surface area contributed by atoms with E-state index >= 15 is 0 Å². The van der Waals surface area contributed by atoms with Crippen molar-refractivity contribution in [2.24, 2.45) is 11.8 Å². The van der Waals surface area contributed by atoms with E-state index in [0.29, 0.717) is 13.0 Å². The third-order valence-electron chi connectivity index (χ3n) is 6.29. The van der Waals surface area contributed by atoms with Crippen molar-refractivity contribution in [1.29, 1.82) is 0 Å². The van der Waals surface area contributed by atoms with Crippen LogP contribution in [-0.2, 0) is 28.7 Å². The molecular weight excluding hydrogens is 499 g/mol. The lowest BCUT2D eigenvalue weighted by Crippen LogP contribution is -2.57. The number of nitrogens with one attached hydrogen (secondary N) is 4. The standard InChI is InChI=1S/C21H27F5N4O6/c22-20(23)7-12(8-20)28-18(34)19(35)30-14(5-10-1-2-10)17(33)29-13(6-11-3-4-27-16(11)32)15(31)9-36-21(24,25)26/h10-14H,1-9H2,(H,27,32)(H,28,34)(H,29,33)(H,30,35)/t11-,13-,14-/m0/s1. The summed E-state index contributed by atoms with van der Waals surface area (Å²) in [6.07, 6.45) is -4.71. The van der Waals surface area contributed by atoms with Crippen LogP contribution in [0.3, 0.4) is 0 Å². The van der Waals surface area contributed by atoms with Crippen molar-refractivity contribution < 1.29 is 50.7 Å². The lowest BCUT2D eigenvalue weighted by molar-refractivity contribution is -0.321. The van der Waals surface area contributed by atoms with Crippen molar-refractivity contribution in [3.63, 3.8) is 0 Å². The summed E-state index contributed by atoms with van der Waals surface area (Å²) >= 11 is 0. The second-order valence-electron chi connectivity index (χ2n) is 9.41. The molecule has 15 heteroatoms. The molecule has 0 spiro atoms. The van der Waals surface area contributed by atoms with Crippen molar-refractivity contribution in [3.8, 4) is 0 Å². The lowest BCUT2D eigenvalue weighted by atomic mass is 9.88. The zero-order chi connectivity index (χ0) is 26.7. The Bertz CT molecular complexity index is 887. The van der Waals surface area contributed by atoms with Crippen LogP contribution in [0.2, 0.25) is 0 Å². The molecule has 3 fully saturated rings. The van der Waals surface area contributed by atoms with Crippen molar-refractivity contribution in [1.82, 2.24) is 21.3 Å². The number of hydrogen-bond donors (Lipinski definition) is 4. The number of ether oxygens (including phenoxy) is 1. The van der Waals surface area contributed by atoms with Crippen molar-refractivity contribution in [2.75, 3.05) is 13.2 Å². The number of alkyl halides is 5. The third-order valence-corrected chi connectivity index (χ3v) is 6.29. The Kier molecular flexibility index (Phi) is 8.52. The van der Waals surface area contributed by atoms with E-state index in [9.17, 15) is 45.9 Å². The average molecular weight is 526 g/mol. The van der Waals surface area contributed by atoms with Gasteiger partial charge in [-0.3, -0.25) is 28.7 Å². The van der Waals surface area contributed by atoms with Gasteiger partial charge in [-0.1, -0.05) is 12.8 Å². The lowest BCUT2D eigenvalue weighted by Gasteiger charge is -2.35. The number of halogens is 5. The van der Waals surface area contributed by atoms with Gasteiger partial charge in [-0.25, -0.2) is 8.78 Å². The first-order chi connectivity index (χ1) is 16.7. The highest BCUT2D eigenvalue weighted by Gasteiger charge is 2.46. The van der Waals surface area contributed by atoms with Gasteiger partial charge >= 0.3 is 18.2 Å². The van der Waals surface area contributed by atoms with E-state index in [-0.39, 0.29) is 18.8 Å². The molecule has 2 aliphatic carbocycles. The van der Waals surface area contributed by atoms with Gasteiger partial charge in [0.1, 0.15) is 12.6 Å². The van der Waals surface area contributed by atoms with E-state index in [2.05, 4.69) is 26.0 Å². The second-order valence-corrected chi connectivity index (χ2v) is 9.41. The molecule has 4 N–H and O–H groups in total. The van der Waals surface area contributed by atoms with Gasteiger partial charge in [0.25, 0.3) is 5.92 Å². The van der Waals surface area contributed by atoms with Gasteiger partial charge in [0.15, 0.2) is 5.78 Å². The molecule has 36 heavy (non-hydrogen) atoms. The number of ketones is 1.